The van der Waals surface area contributed by atoms with Gasteiger partial charge in [0.25, 0.3) is 0 Å². The number of rotatable bonds is 4. The van der Waals surface area contributed by atoms with E-state index in [-0.39, 0.29) is 12.0 Å². The first-order chi connectivity index (χ1) is 8.99. The number of ether oxygens (including phenoxy) is 1. The van der Waals surface area contributed by atoms with E-state index in [0.717, 1.165) is 5.56 Å². The van der Waals surface area contributed by atoms with Gasteiger partial charge in [-0.3, -0.25) is 4.68 Å². The molecule has 2 rings (SSSR count). The van der Waals surface area contributed by atoms with Crippen LogP contribution in [0.1, 0.15) is 45.2 Å². The van der Waals surface area contributed by atoms with Crippen molar-refractivity contribution < 1.29 is 4.74 Å². The van der Waals surface area contributed by atoms with Gasteiger partial charge < -0.3 is 4.74 Å². The van der Waals surface area contributed by atoms with Gasteiger partial charge in [0, 0.05) is 6.04 Å². The van der Waals surface area contributed by atoms with E-state index in [9.17, 15) is 0 Å². The van der Waals surface area contributed by atoms with E-state index in [4.69, 9.17) is 16.3 Å². The lowest BCUT2D eigenvalue weighted by atomic mass is 10.1. The van der Waals surface area contributed by atoms with Gasteiger partial charge in [0.2, 0.25) is 5.88 Å². The third kappa shape index (κ3) is 3.04. The summed E-state index contributed by atoms with van der Waals surface area (Å²) < 4.78 is 7.59. The Balaban J connectivity index is 2.30. The lowest BCUT2D eigenvalue weighted by molar-refractivity contribution is 0.448. The first-order valence-corrected chi connectivity index (χ1v) is 6.59. The molecule has 0 saturated heterocycles. The molecule has 2 aromatic heterocycles. The molecule has 0 unspecified atom stereocenters. The van der Waals surface area contributed by atoms with E-state index in [0.29, 0.717) is 16.8 Å². The van der Waals surface area contributed by atoms with E-state index in [1.807, 2.05) is 24.7 Å². The average molecular weight is 281 g/mol. The molecule has 2 aromatic rings. The molecule has 0 bridgehead atoms. The highest BCUT2D eigenvalue weighted by molar-refractivity contribution is 6.30. The molecule has 0 aliphatic heterocycles. The molecule has 0 saturated carbocycles. The Kier molecular flexibility index (Phi) is 4.04. The average Bonchev–Trinajstić information content (AvgIpc) is 2.77. The quantitative estimate of drug-likeness (QED) is 0.799. The van der Waals surface area contributed by atoms with E-state index < -0.39 is 0 Å². The molecule has 0 aromatic carbocycles. The van der Waals surface area contributed by atoms with Crippen molar-refractivity contribution in [2.75, 3.05) is 0 Å². The Morgan fingerprint density at radius 1 is 1.21 bits per heavy atom. The van der Waals surface area contributed by atoms with E-state index in [1.165, 1.54) is 6.33 Å². The molecule has 0 spiro atoms. The summed E-state index contributed by atoms with van der Waals surface area (Å²) in [5.41, 5.74) is 0.807. The van der Waals surface area contributed by atoms with Crippen molar-refractivity contribution in [3.05, 3.63) is 29.4 Å². The molecule has 2 heterocycles. The third-order valence-corrected chi connectivity index (χ3v) is 3.00. The summed E-state index contributed by atoms with van der Waals surface area (Å²) in [6, 6.07) is 0.288. The van der Waals surface area contributed by atoms with Crippen LogP contribution in [-0.4, -0.2) is 19.7 Å². The number of nitrogens with zero attached hydrogens (tertiary/aromatic N) is 4. The molecule has 6 heteroatoms. The summed E-state index contributed by atoms with van der Waals surface area (Å²) in [6.45, 7) is 8.15. The summed E-state index contributed by atoms with van der Waals surface area (Å²) in [4.78, 5) is 8.14. The summed E-state index contributed by atoms with van der Waals surface area (Å²) in [5.74, 6) is 1.31. The standard InChI is InChI=1S/C13H17ClN4O/c1-8(2)11-12(14)15-7-16-13(11)19-10-5-17-18(6-10)9(3)4/h5-9H,1-4H3. The van der Waals surface area contributed by atoms with Crippen molar-refractivity contribution in [1.29, 1.82) is 0 Å². The SMILES string of the molecule is CC(C)c1c(Cl)ncnc1Oc1cnn(C(C)C)c1. The Morgan fingerprint density at radius 3 is 2.53 bits per heavy atom. The molecule has 0 radical (unpaired) electrons. The Morgan fingerprint density at radius 2 is 1.95 bits per heavy atom. The Hall–Kier alpha value is -1.62. The van der Waals surface area contributed by atoms with Crippen LogP contribution >= 0.6 is 11.6 Å². The number of hydrogen-bond acceptors (Lipinski definition) is 4. The van der Waals surface area contributed by atoms with Crippen molar-refractivity contribution >= 4 is 11.6 Å². The molecule has 0 N–H and O–H groups in total. The maximum atomic E-state index is 6.09. The van der Waals surface area contributed by atoms with E-state index in [1.54, 1.807) is 6.20 Å². The van der Waals surface area contributed by atoms with Crippen LogP contribution < -0.4 is 4.74 Å². The van der Waals surface area contributed by atoms with Crippen LogP contribution in [0.25, 0.3) is 0 Å². The Bertz CT molecular complexity index is 566. The number of halogens is 1. The van der Waals surface area contributed by atoms with Crippen LogP contribution in [0.3, 0.4) is 0 Å². The highest BCUT2D eigenvalue weighted by atomic mass is 35.5. The van der Waals surface area contributed by atoms with Crippen LogP contribution in [0.4, 0.5) is 0 Å². The molecule has 102 valence electrons. The predicted molar refractivity (Wildman–Crippen MR) is 73.8 cm³/mol. The fourth-order valence-corrected chi connectivity index (χ4v) is 2.04. The molecular weight excluding hydrogens is 264 g/mol. The first-order valence-electron chi connectivity index (χ1n) is 6.21. The van der Waals surface area contributed by atoms with Gasteiger partial charge >= 0.3 is 0 Å². The molecule has 0 aliphatic carbocycles. The van der Waals surface area contributed by atoms with Crippen molar-refractivity contribution in [2.24, 2.45) is 0 Å². The zero-order chi connectivity index (χ0) is 14.0. The highest BCUT2D eigenvalue weighted by Crippen LogP contribution is 2.32. The second kappa shape index (κ2) is 5.57. The van der Waals surface area contributed by atoms with E-state index >= 15 is 0 Å². The normalized spacial score (nSPS) is 11.3. The zero-order valence-electron chi connectivity index (χ0n) is 11.5. The minimum Gasteiger partial charge on any atom is -0.435 e. The second-order valence-corrected chi connectivity index (χ2v) is 5.25. The lowest BCUT2D eigenvalue weighted by Crippen LogP contribution is -2.00. The van der Waals surface area contributed by atoms with Crippen molar-refractivity contribution in [3.63, 3.8) is 0 Å². The van der Waals surface area contributed by atoms with Crippen molar-refractivity contribution in [3.8, 4) is 11.6 Å². The van der Waals surface area contributed by atoms with Gasteiger partial charge in [0.1, 0.15) is 11.5 Å². The lowest BCUT2D eigenvalue weighted by Gasteiger charge is -2.12. The summed E-state index contributed by atoms with van der Waals surface area (Å²) in [5, 5.41) is 4.65. The van der Waals surface area contributed by atoms with Crippen LogP contribution in [0.15, 0.2) is 18.7 Å². The molecule has 5 nitrogen and oxygen atoms in total. The molecule has 0 aliphatic rings. The number of hydrogen-bond donors (Lipinski definition) is 0. The fraction of sp³-hybridized carbons (Fsp3) is 0.462. The van der Waals surface area contributed by atoms with E-state index in [2.05, 4.69) is 28.9 Å². The second-order valence-electron chi connectivity index (χ2n) is 4.89. The smallest absolute Gasteiger partial charge is 0.227 e. The summed E-state index contributed by atoms with van der Waals surface area (Å²) in [7, 11) is 0. The van der Waals surface area contributed by atoms with Gasteiger partial charge in [0.15, 0.2) is 5.75 Å². The first kappa shape index (κ1) is 13.8. The van der Waals surface area contributed by atoms with Gasteiger partial charge in [-0.1, -0.05) is 25.4 Å². The topological polar surface area (TPSA) is 52.8 Å². The Labute approximate surface area is 117 Å². The molecular formula is C13H17ClN4O. The van der Waals surface area contributed by atoms with Crippen LogP contribution in [0.5, 0.6) is 11.6 Å². The maximum Gasteiger partial charge on any atom is 0.227 e. The molecule has 0 amide bonds. The largest absolute Gasteiger partial charge is 0.435 e. The summed E-state index contributed by atoms with van der Waals surface area (Å²) >= 11 is 6.09. The molecule has 0 fully saturated rings. The van der Waals surface area contributed by atoms with Gasteiger partial charge in [0.05, 0.1) is 18.0 Å². The minimum absolute atomic E-state index is 0.184. The molecule has 19 heavy (non-hydrogen) atoms. The van der Waals surface area contributed by atoms with Crippen molar-refractivity contribution in [1.82, 2.24) is 19.7 Å². The van der Waals surface area contributed by atoms with Crippen molar-refractivity contribution in [2.45, 2.75) is 39.7 Å². The van der Waals surface area contributed by atoms with Gasteiger partial charge in [-0.2, -0.15) is 5.10 Å². The van der Waals surface area contributed by atoms with Crippen LogP contribution in [0.2, 0.25) is 5.15 Å². The minimum atomic E-state index is 0.184. The molecule has 0 atom stereocenters. The summed E-state index contributed by atoms with van der Waals surface area (Å²) in [6.07, 6.45) is 4.90. The van der Waals surface area contributed by atoms with Gasteiger partial charge in [-0.25, -0.2) is 9.97 Å². The third-order valence-electron chi connectivity index (χ3n) is 2.70. The maximum absolute atomic E-state index is 6.09. The highest BCUT2D eigenvalue weighted by Gasteiger charge is 2.16. The van der Waals surface area contributed by atoms with Crippen LogP contribution in [0, 0.1) is 0 Å². The van der Waals surface area contributed by atoms with Gasteiger partial charge in [-0.05, 0) is 19.8 Å². The fourth-order valence-electron chi connectivity index (χ4n) is 1.69. The van der Waals surface area contributed by atoms with Gasteiger partial charge in [-0.15, -0.1) is 0 Å². The number of aromatic nitrogens is 4. The van der Waals surface area contributed by atoms with Crippen LogP contribution in [-0.2, 0) is 0 Å². The zero-order valence-corrected chi connectivity index (χ0v) is 12.2. The predicted octanol–water partition coefficient (Wildman–Crippen LogP) is 3.82. The monoisotopic (exact) mass is 280 g/mol.